The predicted molar refractivity (Wildman–Crippen MR) is 50.1 cm³/mol. The molecule has 0 unspecified atom stereocenters. The van der Waals surface area contributed by atoms with Gasteiger partial charge >= 0.3 is 0 Å². The topological polar surface area (TPSA) is 24.1 Å². The van der Waals surface area contributed by atoms with E-state index in [0.717, 1.165) is 0 Å². The van der Waals surface area contributed by atoms with Crippen LogP contribution in [0.5, 0.6) is 0 Å². The van der Waals surface area contributed by atoms with Crippen LogP contribution in [0.25, 0.3) is 0 Å². The molecule has 0 bridgehead atoms. The number of allylic oxidation sites excluding steroid dienone is 3. The fraction of sp³-hybridized carbons (Fsp3) is 0.600. The van der Waals surface area contributed by atoms with Crippen LogP contribution in [0.4, 0.5) is 0 Å². The fourth-order valence-corrected chi connectivity index (χ4v) is 1.85. The maximum absolute atomic E-state index is 3.44. The van der Waals surface area contributed by atoms with Crippen molar-refractivity contribution in [1.82, 2.24) is 10.6 Å². The molecule has 0 fully saturated rings. The van der Waals surface area contributed by atoms with E-state index in [4.69, 9.17) is 0 Å². The highest BCUT2D eigenvalue weighted by atomic mass is 15.0. The zero-order chi connectivity index (χ0) is 8.39. The number of hydrogen-bond donors (Lipinski definition) is 2. The van der Waals surface area contributed by atoms with E-state index < -0.39 is 0 Å². The molecule has 1 heterocycles. The highest BCUT2D eigenvalue weighted by Gasteiger charge is 2.13. The van der Waals surface area contributed by atoms with Crippen LogP contribution in [-0.2, 0) is 0 Å². The molecule has 0 saturated carbocycles. The highest BCUT2D eigenvalue weighted by molar-refractivity contribution is 5.23. The third-order valence-corrected chi connectivity index (χ3v) is 2.53. The number of nitrogens with one attached hydrogen (secondary N) is 2. The summed E-state index contributed by atoms with van der Waals surface area (Å²) in [6, 6.07) is 0. The summed E-state index contributed by atoms with van der Waals surface area (Å²) in [5.74, 6) is 0. The van der Waals surface area contributed by atoms with Gasteiger partial charge in [0.05, 0.1) is 0 Å². The molecule has 0 amide bonds. The van der Waals surface area contributed by atoms with Gasteiger partial charge in [-0.05, 0) is 32.6 Å². The molecule has 0 atom stereocenters. The Labute approximate surface area is 73.7 Å². The largest absolute Gasteiger partial charge is 0.362 e. The summed E-state index contributed by atoms with van der Waals surface area (Å²) < 4.78 is 0. The molecule has 2 N–H and O–H groups in total. The van der Waals surface area contributed by atoms with Gasteiger partial charge in [0.2, 0.25) is 0 Å². The summed E-state index contributed by atoms with van der Waals surface area (Å²) in [5, 5.41) is 6.80. The average Bonchev–Trinajstić information content (AvgIpc) is 2.28. The van der Waals surface area contributed by atoms with E-state index in [9.17, 15) is 0 Å². The smallest absolute Gasteiger partial charge is 0.0344 e. The van der Waals surface area contributed by atoms with Crippen molar-refractivity contribution in [1.29, 1.82) is 0 Å². The Morgan fingerprint density at radius 3 is 2.67 bits per heavy atom. The molecule has 0 aromatic heterocycles. The Bertz CT molecular complexity index is 238. The molecular weight excluding hydrogens is 148 g/mol. The minimum atomic E-state index is 1.21. The normalized spacial score (nSPS) is 23.2. The third-order valence-electron chi connectivity index (χ3n) is 2.53. The second-order valence-corrected chi connectivity index (χ2v) is 3.61. The first-order valence-corrected chi connectivity index (χ1v) is 4.78. The van der Waals surface area contributed by atoms with Gasteiger partial charge < -0.3 is 10.6 Å². The van der Waals surface area contributed by atoms with Gasteiger partial charge in [0.15, 0.2) is 0 Å². The molecule has 12 heavy (non-hydrogen) atoms. The van der Waals surface area contributed by atoms with Gasteiger partial charge in [-0.1, -0.05) is 6.42 Å². The molecule has 2 aliphatic rings. The van der Waals surface area contributed by atoms with E-state index in [-0.39, 0.29) is 0 Å². The maximum Gasteiger partial charge on any atom is 0.0344 e. The first-order chi connectivity index (χ1) is 5.86. The fourth-order valence-electron chi connectivity index (χ4n) is 1.85. The Balaban J connectivity index is 2.13. The van der Waals surface area contributed by atoms with E-state index in [2.05, 4.69) is 23.8 Å². The van der Waals surface area contributed by atoms with Crippen molar-refractivity contribution >= 4 is 0 Å². The third kappa shape index (κ3) is 1.47. The molecule has 2 heteroatoms. The second kappa shape index (κ2) is 3.21. The van der Waals surface area contributed by atoms with Crippen LogP contribution in [-0.4, -0.2) is 0 Å². The molecule has 2 rings (SSSR count). The van der Waals surface area contributed by atoms with Crippen LogP contribution in [0.3, 0.4) is 0 Å². The van der Waals surface area contributed by atoms with Gasteiger partial charge in [-0.25, -0.2) is 0 Å². The lowest BCUT2D eigenvalue weighted by atomic mass is 10.2. The van der Waals surface area contributed by atoms with E-state index in [1.54, 1.807) is 0 Å². The van der Waals surface area contributed by atoms with E-state index >= 15 is 0 Å². The van der Waals surface area contributed by atoms with Gasteiger partial charge in [-0.3, -0.25) is 0 Å². The van der Waals surface area contributed by atoms with Crippen molar-refractivity contribution in [3.05, 3.63) is 23.3 Å². The van der Waals surface area contributed by atoms with Crippen molar-refractivity contribution < 1.29 is 0 Å². The second-order valence-electron chi connectivity index (χ2n) is 3.61. The summed E-state index contributed by atoms with van der Waals surface area (Å²) in [5.41, 5.74) is 4.07. The Kier molecular flexibility index (Phi) is 2.07. The highest BCUT2D eigenvalue weighted by Crippen LogP contribution is 2.22. The maximum atomic E-state index is 3.44. The van der Waals surface area contributed by atoms with Gasteiger partial charge in [-0.2, -0.15) is 0 Å². The summed E-state index contributed by atoms with van der Waals surface area (Å²) >= 11 is 0. The zero-order valence-corrected chi connectivity index (χ0v) is 7.61. The van der Waals surface area contributed by atoms with Crippen molar-refractivity contribution in [2.45, 2.75) is 39.0 Å². The van der Waals surface area contributed by atoms with Gasteiger partial charge in [0.25, 0.3) is 0 Å². The van der Waals surface area contributed by atoms with Gasteiger partial charge in [0.1, 0.15) is 0 Å². The van der Waals surface area contributed by atoms with E-state index in [0.29, 0.717) is 0 Å². The lowest BCUT2D eigenvalue weighted by Gasteiger charge is -2.20. The Morgan fingerprint density at radius 2 is 1.83 bits per heavy atom. The van der Waals surface area contributed by atoms with Crippen molar-refractivity contribution in [2.24, 2.45) is 0 Å². The average molecular weight is 164 g/mol. The van der Waals surface area contributed by atoms with Crippen LogP contribution in [0.1, 0.15) is 39.0 Å². The molecule has 66 valence electrons. The summed E-state index contributed by atoms with van der Waals surface area (Å²) in [6.07, 6.45) is 8.53. The Hall–Kier alpha value is -0.920. The number of hydrogen-bond acceptors (Lipinski definition) is 2. The molecule has 1 aliphatic carbocycles. The standard InChI is InChI=1S/C10H16N2/c1-8-7-11-9-5-3-2-4-6-10(9)12-8/h7,11-12H,2-6H2,1H3. The molecule has 0 aromatic rings. The monoisotopic (exact) mass is 164 g/mol. The zero-order valence-electron chi connectivity index (χ0n) is 7.61. The first-order valence-electron chi connectivity index (χ1n) is 4.78. The molecule has 0 aromatic carbocycles. The minimum absolute atomic E-state index is 1.21. The molecule has 1 aliphatic heterocycles. The predicted octanol–water partition coefficient (Wildman–Crippen LogP) is 2.22. The molecule has 0 spiro atoms. The summed E-state index contributed by atoms with van der Waals surface area (Å²) in [6.45, 7) is 2.10. The molecular formula is C10H16N2. The van der Waals surface area contributed by atoms with Crippen LogP contribution in [0.15, 0.2) is 23.3 Å². The van der Waals surface area contributed by atoms with E-state index in [1.165, 1.54) is 49.2 Å². The van der Waals surface area contributed by atoms with Crippen LogP contribution >= 0.6 is 0 Å². The van der Waals surface area contributed by atoms with Crippen molar-refractivity contribution in [2.75, 3.05) is 0 Å². The van der Waals surface area contributed by atoms with Gasteiger partial charge in [0, 0.05) is 23.3 Å². The summed E-state index contributed by atoms with van der Waals surface area (Å²) in [7, 11) is 0. The summed E-state index contributed by atoms with van der Waals surface area (Å²) in [4.78, 5) is 0. The van der Waals surface area contributed by atoms with E-state index in [1.807, 2.05) is 0 Å². The van der Waals surface area contributed by atoms with Crippen molar-refractivity contribution in [3.63, 3.8) is 0 Å². The van der Waals surface area contributed by atoms with Crippen molar-refractivity contribution in [3.8, 4) is 0 Å². The van der Waals surface area contributed by atoms with Crippen LogP contribution in [0, 0.1) is 0 Å². The minimum Gasteiger partial charge on any atom is -0.362 e. The Morgan fingerprint density at radius 1 is 1.08 bits per heavy atom. The first kappa shape index (κ1) is 7.71. The number of rotatable bonds is 0. The molecule has 0 radical (unpaired) electrons. The molecule has 2 nitrogen and oxygen atoms in total. The van der Waals surface area contributed by atoms with Crippen LogP contribution in [0.2, 0.25) is 0 Å². The van der Waals surface area contributed by atoms with Gasteiger partial charge in [-0.15, -0.1) is 0 Å². The van der Waals surface area contributed by atoms with Crippen LogP contribution < -0.4 is 10.6 Å². The lowest BCUT2D eigenvalue weighted by Crippen LogP contribution is -2.24. The SMILES string of the molecule is CC1=CNC2=C(CCCCC2)N1. The molecule has 0 saturated heterocycles. The lowest BCUT2D eigenvalue weighted by molar-refractivity contribution is 0.697. The quantitative estimate of drug-likeness (QED) is 0.573.